The second-order valence-corrected chi connectivity index (χ2v) is 18.5. The molecule has 1 saturated carbocycles. The highest BCUT2D eigenvalue weighted by Crippen LogP contribution is 2.24. The maximum absolute atomic E-state index is 12.8. The molecule has 0 amide bonds. The van der Waals surface area contributed by atoms with Crippen molar-refractivity contribution in [2.45, 2.75) is 259 Å². The highest BCUT2D eigenvalue weighted by atomic mass is 16.5. The van der Waals surface area contributed by atoms with Crippen molar-refractivity contribution < 1.29 is 24.2 Å². The molecule has 7 heteroatoms. The predicted molar refractivity (Wildman–Crippen MR) is 247 cm³/mol. The Morgan fingerprint density at radius 1 is 0.466 bits per heavy atom. The molecule has 0 atom stereocenters. The van der Waals surface area contributed by atoms with Crippen LogP contribution in [0.25, 0.3) is 0 Å². The topological polar surface area (TPSA) is 79.3 Å². The molecular formula is C51H100N2O5. The largest absolute Gasteiger partial charge is 0.465 e. The van der Waals surface area contributed by atoms with Crippen molar-refractivity contribution in [3.63, 3.8) is 0 Å². The summed E-state index contributed by atoms with van der Waals surface area (Å²) in [5.41, 5.74) is 0. The number of hydrogen-bond donors (Lipinski definition) is 1. The van der Waals surface area contributed by atoms with Crippen molar-refractivity contribution in [3.05, 3.63) is 0 Å². The molecule has 0 aromatic carbocycles. The van der Waals surface area contributed by atoms with Crippen molar-refractivity contribution in [2.75, 3.05) is 45.9 Å². The van der Waals surface area contributed by atoms with E-state index < -0.39 is 0 Å². The summed E-state index contributed by atoms with van der Waals surface area (Å²) in [5.74, 6) is 1.02. The Hall–Kier alpha value is -1.18. The summed E-state index contributed by atoms with van der Waals surface area (Å²) in [5, 5.41) is 10.1. The molecule has 0 unspecified atom stereocenters. The fraction of sp³-hybridized carbons (Fsp3) is 0.961. The first-order valence-corrected chi connectivity index (χ1v) is 25.8. The van der Waals surface area contributed by atoms with Gasteiger partial charge in [0.25, 0.3) is 0 Å². The van der Waals surface area contributed by atoms with E-state index in [-0.39, 0.29) is 18.0 Å². The lowest BCUT2D eigenvalue weighted by molar-refractivity contribution is -0.146. The second kappa shape index (κ2) is 39.9. The molecule has 0 aromatic heterocycles. The molecule has 0 bridgehead atoms. The number of hydrogen-bond acceptors (Lipinski definition) is 7. The number of esters is 2. The lowest BCUT2D eigenvalue weighted by atomic mass is 9.92. The number of carbonyl (C=O) groups excluding carboxylic acids is 2. The molecule has 0 saturated heterocycles. The van der Waals surface area contributed by atoms with E-state index in [9.17, 15) is 14.7 Å². The van der Waals surface area contributed by atoms with Gasteiger partial charge in [-0.05, 0) is 115 Å². The number of aliphatic hydroxyl groups excluding tert-OH is 1. The summed E-state index contributed by atoms with van der Waals surface area (Å²) < 4.78 is 11.7. The second-order valence-electron chi connectivity index (χ2n) is 18.5. The molecule has 0 aromatic rings. The number of aliphatic hydroxyl groups is 1. The minimum Gasteiger partial charge on any atom is -0.465 e. The molecule has 1 aliphatic carbocycles. The van der Waals surface area contributed by atoms with Crippen molar-refractivity contribution in [3.8, 4) is 0 Å². The van der Waals surface area contributed by atoms with E-state index in [1.807, 2.05) is 0 Å². The van der Waals surface area contributed by atoms with Crippen LogP contribution in [0, 0.1) is 11.8 Å². The van der Waals surface area contributed by atoms with Crippen LogP contribution in [0.3, 0.4) is 0 Å². The van der Waals surface area contributed by atoms with E-state index >= 15 is 0 Å². The van der Waals surface area contributed by atoms with Gasteiger partial charge in [0, 0.05) is 32.0 Å². The van der Waals surface area contributed by atoms with Crippen LogP contribution in [0.4, 0.5) is 0 Å². The quantitative estimate of drug-likeness (QED) is 0.0485. The fourth-order valence-corrected chi connectivity index (χ4v) is 8.98. The van der Waals surface area contributed by atoms with Crippen molar-refractivity contribution in [2.24, 2.45) is 11.8 Å². The highest BCUT2D eigenvalue weighted by molar-refractivity contribution is 5.69. The number of rotatable bonds is 42. The van der Waals surface area contributed by atoms with Gasteiger partial charge >= 0.3 is 11.9 Å². The third-order valence-electron chi connectivity index (χ3n) is 12.9. The van der Waals surface area contributed by atoms with Crippen LogP contribution in [-0.4, -0.2) is 84.9 Å². The Kier molecular flexibility index (Phi) is 37.7. The first kappa shape index (κ1) is 54.8. The standard InChI is InChI=1S/C51H100N2O5/c1-6-11-15-21-29-46(30-22-16-12-7-2)44-57-50(55)33-25-19-27-40-52(42-43-53(39-10-5)48-35-37-49(54)38-36-48)41-28-20-26-34-51(56)58-45-47(31-23-17-13-8-3)32-24-18-14-9-4/h46-49,54H,6-45H2,1-5H3. The lowest BCUT2D eigenvalue weighted by Gasteiger charge is -2.37. The summed E-state index contributed by atoms with van der Waals surface area (Å²) >= 11 is 0. The van der Waals surface area contributed by atoms with Crippen LogP contribution < -0.4 is 0 Å². The third kappa shape index (κ3) is 31.7. The van der Waals surface area contributed by atoms with Crippen LogP contribution in [0.2, 0.25) is 0 Å². The third-order valence-corrected chi connectivity index (χ3v) is 12.9. The minimum absolute atomic E-state index is 0.00947. The van der Waals surface area contributed by atoms with Gasteiger partial charge in [-0.1, -0.05) is 150 Å². The van der Waals surface area contributed by atoms with E-state index in [0.29, 0.717) is 43.9 Å². The number of unbranched alkanes of at least 4 members (excludes halogenated alkanes) is 16. The number of ether oxygens (including phenoxy) is 2. The molecule has 0 heterocycles. The smallest absolute Gasteiger partial charge is 0.305 e. The lowest BCUT2D eigenvalue weighted by Crippen LogP contribution is -2.44. The SMILES string of the molecule is CCCCCCC(CCCCCC)COC(=O)CCCCCN(CCCCCC(=O)OCC(CCCCCC)CCCCCC)CCN(CCC)C1CCC(O)CC1. The van der Waals surface area contributed by atoms with Crippen molar-refractivity contribution in [1.82, 2.24) is 9.80 Å². The van der Waals surface area contributed by atoms with Crippen molar-refractivity contribution >= 4 is 11.9 Å². The summed E-state index contributed by atoms with van der Waals surface area (Å²) in [4.78, 5) is 30.9. The van der Waals surface area contributed by atoms with Gasteiger partial charge in [0.15, 0.2) is 0 Å². The van der Waals surface area contributed by atoms with Gasteiger partial charge in [0.1, 0.15) is 0 Å². The molecule has 1 aliphatic rings. The van der Waals surface area contributed by atoms with Crippen LogP contribution in [0.15, 0.2) is 0 Å². The van der Waals surface area contributed by atoms with E-state index in [0.717, 1.165) is 103 Å². The Bertz CT molecular complexity index is 831. The van der Waals surface area contributed by atoms with Gasteiger partial charge in [-0.2, -0.15) is 0 Å². The van der Waals surface area contributed by atoms with E-state index in [4.69, 9.17) is 9.47 Å². The monoisotopic (exact) mass is 821 g/mol. The molecule has 58 heavy (non-hydrogen) atoms. The van der Waals surface area contributed by atoms with E-state index in [1.165, 1.54) is 128 Å². The first-order valence-electron chi connectivity index (χ1n) is 25.8. The van der Waals surface area contributed by atoms with Gasteiger partial charge in [-0.15, -0.1) is 0 Å². The van der Waals surface area contributed by atoms with Gasteiger partial charge in [-0.3, -0.25) is 14.5 Å². The van der Waals surface area contributed by atoms with Crippen LogP contribution >= 0.6 is 0 Å². The fourth-order valence-electron chi connectivity index (χ4n) is 8.98. The van der Waals surface area contributed by atoms with Gasteiger partial charge in [0.2, 0.25) is 0 Å². The number of carbonyl (C=O) groups is 2. The highest BCUT2D eigenvalue weighted by Gasteiger charge is 2.25. The Labute approximate surface area is 361 Å². The molecule has 0 radical (unpaired) electrons. The summed E-state index contributed by atoms with van der Waals surface area (Å²) in [6.45, 7) is 17.9. The minimum atomic E-state index is -0.120. The molecule has 7 nitrogen and oxygen atoms in total. The first-order chi connectivity index (χ1) is 28.4. The average Bonchev–Trinajstić information content (AvgIpc) is 3.22. The summed E-state index contributed by atoms with van der Waals surface area (Å²) in [6, 6.07) is 0.585. The normalized spacial score (nSPS) is 16.0. The maximum atomic E-state index is 12.8. The molecule has 344 valence electrons. The zero-order valence-electron chi connectivity index (χ0n) is 39.6. The van der Waals surface area contributed by atoms with Gasteiger partial charge in [-0.25, -0.2) is 0 Å². The Balaban J connectivity index is 2.56. The molecule has 1 rings (SSSR count). The number of nitrogens with zero attached hydrogens (tertiary/aromatic N) is 2. The zero-order chi connectivity index (χ0) is 42.3. The van der Waals surface area contributed by atoms with Crippen LogP contribution in [0.1, 0.15) is 247 Å². The Morgan fingerprint density at radius 3 is 1.24 bits per heavy atom. The average molecular weight is 821 g/mol. The maximum Gasteiger partial charge on any atom is 0.305 e. The molecule has 0 spiro atoms. The molecule has 0 aliphatic heterocycles. The van der Waals surface area contributed by atoms with E-state index in [2.05, 4.69) is 44.4 Å². The summed E-state index contributed by atoms with van der Waals surface area (Å²) in [6.07, 6.45) is 37.5. The van der Waals surface area contributed by atoms with Crippen molar-refractivity contribution in [1.29, 1.82) is 0 Å². The van der Waals surface area contributed by atoms with Gasteiger partial charge in [0.05, 0.1) is 19.3 Å². The predicted octanol–water partition coefficient (Wildman–Crippen LogP) is 13.6. The summed E-state index contributed by atoms with van der Waals surface area (Å²) in [7, 11) is 0. The molecule has 1 fully saturated rings. The van der Waals surface area contributed by atoms with Gasteiger partial charge < -0.3 is 19.5 Å². The Morgan fingerprint density at radius 2 is 0.862 bits per heavy atom. The van der Waals surface area contributed by atoms with Crippen LogP contribution in [0.5, 0.6) is 0 Å². The zero-order valence-corrected chi connectivity index (χ0v) is 39.6. The molecular weight excluding hydrogens is 721 g/mol. The van der Waals surface area contributed by atoms with E-state index in [1.54, 1.807) is 0 Å². The molecule has 1 N–H and O–H groups in total. The van der Waals surface area contributed by atoms with Crippen LogP contribution in [-0.2, 0) is 19.1 Å².